The average Bonchev–Trinajstić information content (AvgIpc) is 2.34. The monoisotopic (exact) mass is 1640 g/mol. The minimum atomic E-state index is -6.02. The summed E-state index contributed by atoms with van der Waals surface area (Å²) in [7, 11) is 0. The molecule has 0 saturated heterocycles. The molecule has 0 aliphatic heterocycles. The van der Waals surface area contributed by atoms with Gasteiger partial charge in [0.1, 0.15) is 0 Å². The van der Waals surface area contributed by atoms with Crippen LogP contribution in [-0.2, 0) is 235 Å². The van der Waals surface area contributed by atoms with Crippen LogP contribution in [0.2, 0.25) is 0 Å². The van der Waals surface area contributed by atoms with Crippen LogP contribution in [-0.4, -0.2) is 0 Å². The Morgan fingerprint density at radius 3 is 0.137 bits per heavy atom. The Balaban J connectivity index is -0.0000000386. The third-order valence-corrected chi connectivity index (χ3v) is 0. The number of quaternary nitrogens is 1. The Bertz CT molecular complexity index is 1370. The van der Waals surface area contributed by atoms with Crippen molar-refractivity contribution in [1.29, 1.82) is 0 Å². The molecule has 0 amide bonds. The van der Waals surface area contributed by atoms with Crippen molar-refractivity contribution in [3.63, 3.8) is 0 Å². The second-order valence-corrected chi connectivity index (χ2v) is 24.2. The van der Waals surface area contributed by atoms with Gasteiger partial charge in [0.2, 0.25) is 0 Å². The Morgan fingerprint density at radius 1 is 0.137 bits per heavy atom. The van der Waals surface area contributed by atoms with E-state index in [1.54, 1.807) is 0 Å². The van der Waals surface area contributed by atoms with Gasteiger partial charge >= 0.3 is 311 Å². The molecule has 51 heteroatoms. The number of hydrogen-bond acceptors (Lipinski definition) is 40. The first kappa shape index (κ1) is 81.3. The summed E-state index contributed by atoms with van der Waals surface area (Å²) in [5, 5.41) is 0. The molecule has 4 N–H and O–H groups in total. The third-order valence-electron chi connectivity index (χ3n) is 0. The quantitative estimate of drug-likeness (QED) is 0.220. The van der Waals surface area contributed by atoms with E-state index in [9.17, 15) is 0 Å². The van der Waals surface area contributed by atoms with Gasteiger partial charge in [0, 0.05) is 0 Å². The second-order valence-electron chi connectivity index (χ2n) is 4.08. The molecule has 0 rings (SSSR count). The molecule has 0 saturated carbocycles. The SMILES string of the molecule is [NH4+].[O]=[Mo](=[O])([O-])[O-].[O]=[Mo](=[O])([O-])[O-].[O]=[Mo](=[O])([O-])[O-].[O]=[Mo](=[O])([O-])[O-].[O]=[Mo](=[O])([O-])[O-].[O]=[Mo](=[O])([O-])[O-].[O]=[Mo](=[O])([O-])[O-].[O]=[Mo](=[O])([O-])[O-].[O]=[Mo](=[O])([O-])[O-].[O]=[Mo](=[O])([O-])[O-]. The molecule has 0 bridgehead atoms. The van der Waals surface area contributed by atoms with Crippen LogP contribution < -0.4 is 81.3 Å². The fraction of sp³-hybridized carbons (Fsp3) is 0. The van der Waals surface area contributed by atoms with E-state index < -0.39 is 167 Å². The van der Waals surface area contributed by atoms with Crippen molar-refractivity contribution in [1.82, 2.24) is 6.15 Å². The van der Waals surface area contributed by atoms with E-state index >= 15 is 0 Å². The summed E-state index contributed by atoms with van der Waals surface area (Å²) in [5.74, 6) is 0. The molecule has 0 aromatic rings. The first-order valence-electron chi connectivity index (χ1n) is 6.67. The maximum absolute atomic E-state index is 8.63. The molecule has 0 aliphatic rings. The number of hydrogen-bond donors (Lipinski definition) is 1. The molecule has 0 aliphatic carbocycles. The maximum atomic E-state index is 8.63. The van der Waals surface area contributed by atoms with Gasteiger partial charge in [-0.05, 0) is 0 Å². The molecule has 0 heterocycles. The van der Waals surface area contributed by atoms with E-state index in [0.29, 0.717) is 0 Å². The van der Waals surface area contributed by atoms with Gasteiger partial charge in [0.15, 0.2) is 0 Å². The molecule has 0 radical (unpaired) electrons. The fourth-order valence-corrected chi connectivity index (χ4v) is 0. The molecule has 0 atom stereocenters. The van der Waals surface area contributed by atoms with Gasteiger partial charge in [-0.15, -0.1) is 0 Å². The van der Waals surface area contributed by atoms with Crippen LogP contribution in [0.5, 0.6) is 0 Å². The van der Waals surface area contributed by atoms with Crippen molar-refractivity contribution in [2.45, 2.75) is 0 Å². The van der Waals surface area contributed by atoms with Gasteiger partial charge in [0.05, 0.1) is 0 Å². The van der Waals surface area contributed by atoms with Crippen molar-refractivity contribution in [2.24, 2.45) is 0 Å². The van der Waals surface area contributed by atoms with Gasteiger partial charge in [-0.1, -0.05) is 0 Å². The molecule has 0 unspecified atom stereocenters. The van der Waals surface area contributed by atoms with E-state index in [2.05, 4.69) is 0 Å². The zero-order chi connectivity index (χ0) is 45.0. The van der Waals surface area contributed by atoms with Crippen molar-refractivity contribution < 1.29 is 311 Å². The Kier molecular flexibility index (Phi) is 56.1. The molecular weight excluding hydrogens is 1610 g/mol. The van der Waals surface area contributed by atoms with E-state index in [1.165, 1.54) is 0 Å². The van der Waals surface area contributed by atoms with Gasteiger partial charge in [0.25, 0.3) is 0 Å². The molecule has 0 spiro atoms. The Hall–Kier alpha value is 2.04. The molecule has 0 aromatic carbocycles. The summed E-state index contributed by atoms with van der Waals surface area (Å²) in [6, 6.07) is 0. The van der Waals surface area contributed by atoms with Crippen LogP contribution in [0, 0.1) is 0 Å². The van der Waals surface area contributed by atoms with E-state index in [0.717, 1.165) is 0 Å². The van der Waals surface area contributed by atoms with Crippen LogP contribution >= 0.6 is 0 Å². The summed E-state index contributed by atoms with van der Waals surface area (Å²) < 4.78 is 345. The summed E-state index contributed by atoms with van der Waals surface area (Å²) in [6.45, 7) is 0. The molecule has 0 aromatic heterocycles. The first-order chi connectivity index (χ1) is 20.0. The van der Waals surface area contributed by atoms with Crippen LogP contribution in [0.15, 0.2) is 0 Å². The summed E-state index contributed by atoms with van der Waals surface area (Å²) in [5.41, 5.74) is 0. The Morgan fingerprint density at radius 2 is 0.137 bits per heavy atom. The van der Waals surface area contributed by atoms with Crippen LogP contribution in [0.3, 0.4) is 0 Å². The van der Waals surface area contributed by atoms with E-state index in [1.807, 2.05) is 0 Å². The predicted octanol–water partition coefficient (Wildman–Crippen LogP) is -25.8. The third kappa shape index (κ3) is 31200. The zero-order valence-corrected chi connectivity index (χ0v) is 41.5. The first-order valence-corrected chi connectivity index (χ1v) is 39.4. The van der Waals surface area contributed by atoms with Crippen LogP contribution in [0.25, 0.3) is 0 Å². The molecule has 328 valence electrons. The van der Waals surface area contributed by atoms with Crippen molar-refractivity contribution >= 4 is 0 Å². The van der Waals surface area contributed by atoms with Crippen molar-refractivity contribution in [2.75, 3.05) is 0 Å². The molecule has 51 heavy (non-hydrogen) atoms. The van der Waals surface area contributed by atoms with E-state index in [4.69, 9.17) is 143 Å². The standard InChI is InChI=1S/10Mo.H3N.40O/h;;;;;;;;;;1H3;;;;;;;;;;;;;;;;;;;;;;;;;;;;;;;;;;;;;;;;/q;;;;;;;;;;;;;;;;;;;;;;;;;;;;;;;20*-1/p+1. The molecule has 41 nitrogen and oxygen atoms in total. The minimum absolute atomic E-state index is 0. The van der Waals surface area contributed by atoms with Crippen molar-refractivity contribution in [3.8, 4) is 0 Å². The van der Waals surface area contributed by atoms with Crippen LogP contribution in [0.1, 0.15) is 0 Å². The number of rotatable bonds is 0. The summed E-state index contributed by atoms with van der Waals surface area (Å²) in [4.78, 5) is 0. The summed E-state index contributed by atoms with van der Waals surface area (Å²) in [6.07, 6.45) is 0. The van der Waals surface area contributed by atoms with Gasteiger partial charge < -0.3 is 6.15 Å². The normalized spacial score (nSPS) is 11.4. The van der Waals surface area contributed by atoms with Gasteiger partial charge in [-0.3, -0.25) is 0 Å². The van der Waals surface area contributed by atoms with Gasteiger partial charge in [-0.2, -0.15) is 0 Å². The summed E-state index contributed by atoms with van der Waals surface area (Å²) >= 11 is -60.2. The van der Waals surface area contributed by atoms with E-state index in [-0.39, 0.29) is 6.15 Å². The molecule has 0 fully saturated rings. The average molecular weight is 1620 g/mol. The topological polar surface area (TPSA) is 839 Å². The van der Waals surface area contributed by atoms with Crippen LogP contribution in [0.4, 0.5) is 0 Å². The Labute approximate surface area is 312 Å². The zero-order valence-electron chi connectivity index (χ0n) is 21.4. The second kappa shape index (κ2) is 35.2. The van der Waals surface area contributed by atoms with Gasteiger partial charge in [-0.25, -0.2) is 0 Å². The molecular formula is H4Mo10NO40-19. The van der Waals surface area contributed by atoms with Crippen molar-refractivity contribution in [3.05, 3.63) is 0 Å². The predicted molar refractivity (Wildman–Crippen MR) is 19.7 cm³/mol. The fourth-order valence-electron chi connectivity index (χ4n) is 0.